The molecule has 0 fully saturated rings. The van der Waals surface area contributed by atoms with Gasteiger partial charge in [-0.05, 0) is 48.9 Å². The standard InChI is InChI=1S/C18H19BrN2O2S/c1-12(14-3-5-15(19)6-4-14)20-18(23)11-24-17-9-7-16(8-10-17)21-13(2)22/h3-10,12H,11H2,1-2H3,(H,20,23)(H,21,22). The third-order valence-electron chi connectivity index (χ3n) is 3.29. The predicted octanol–water partition coefficient (Wildman–Crippen LogP) is 4.38. The highest BCUT2D eigenvalue weighted by atomic mass is 79.9. The van der Waals surface area contributed by atoms with E-state index in [1.807, 2.05) is 55.5 Å². The van der Waals surface area contributed by atoms with Crippen molar-refractivity contribution in [3.63, 3.8) is 0 Å². The maximum Gasteiger partial charge on any atom is 0.230 e. The predicted molar refractivity (Wildman–Crippen MR) is 102 cm³/mol. The van der Waals surface area contributed by atoms with E-state index in [0.29, 0.717) is 5.75 Å². The van der Waals surface area contributed by atoms with Gasteiger partial charge in [0.05, 0.1) is 11.8 Å². The van der Waals surface area contributed by atoms with Crippen molar-refractivity contribution in [2.45, 2.75) is 24.8 Å². The van der Waals surface area contributed by atoms with Gasteiger partial charge in [0.15, 0.2) is 0 Å². The van der Waals surface area contributed by atoms with Gasteiger partial charge in [0.1, 0.15) is 0 Å². The summed E-state index contributed by atoms with van der Waals surface area (Å²) < 4.78 is 1.02. The summed E-state index contributed by atoms with van der Waals surface area (Å²) in [5.41, 5.74) is 1.82. The Morgan fingerprint density at radius 3 is 2.29 bits per heavy atom. The van der Waals surface area contributed by atoms with E-state index >= 15 is 0 Å². The lowest BCUT2D eigenvalue weighted by Gasteiger charge is -2.14. The molecule has 24 heavy (non-hydrogen) atoms. The molecule has 2 rings (SSSR count). The van der Waals surface area contributed by atoms with E-state index in [0.717, 1.165) is 20.6 Å². The van der Waals surface area contributed by atoms with Gasteiger partial charge in [-0.25, -0.2) is 0 Å². The van der Waals surface area contributed by atoms with Gasteiger partial charge >= 0.3 is 0 Å². The van der Waals surface area contributed by atoms with Crippen molar-refractivity contribution < 1.29 is 9.59 Å². The highest BCUT2D eigenvalue weighted by molar-refractivity contribution is 9.10. The van der Waals surface area contributed by atoms with E-state index in [9.17, 15) is 9.59 Å². The molecule has 2 N–H and O–H groups in total. The average molecular weight is 407 g/mol. The lowest BCUT2D eigenvalue weighted by atomic mass is 10.1. The van der Waals surface area contributed by atoms with Crippen LogP contribution in [0.4, 0.5) is 5.69 Å². The molecule has 0 aromatic heterocycles. The Labute approximate surface area is 154 Å². The maximum atomic E-state index is 12.1. The molecule has 2 amide bonds. The van der Waals surface area contributed by atoms with Crippen LogP contribution in [0, 0.1) is 0 Å². The van der Waals surface area contributed by atoms with E-state index in [1.54, 1.807) is 0 Å². The lowest BCUT2D eigenvalue weighted by molar-refractivity contribution is -0.119. The topological polar surface area (TPSA) is 58.2 Å². The van der Waals surface area contributed by atoms with E-state index < -0.39 is 0 Å². The minimum Gasteiger partial charge on any atom is -0.349 e. The van der Waals surface area contributed by atoms with Crippen molar-refractivity contribution in [2.75, 3.05) is 11.1 Å². The molecule has 0 aliphatic heterocycles. The number of hydrogen-bond acceptors (Lipinski definition) is 3. The van der Waals surface area contributed by atoms with Crippen LogP contribution in [-0.4, -0.2) is 17.6 Å². The fourth-order valence-electron chi connectivity index (χ4n) is 2.10. The van der Waals surface area contributed by atoms with E-state index in [-0.39, 0.29) is 17.9 Å². The van der Waals surface area contributed by atoms with Crippen molar-refractivity contribution >= 4 is 45.2 Å². The van der Waals surface area contributed by atoms with Gasteiger partial charge in [-0.2, -0.15) is 0 Å². The fraction of sp³-hybridized carbons (Fsp3) is 0.222. The first-order chi connectivity index (χ1) is 11.4. The fourth-order valence-corrected chi connectivity index (χ4v) is 3.08. The number of carbonyl (C=O) groups excluding carboxylic acids is 2. The minimum absolute atomic E-state index is 0.0126. The smallest absolute Gasteiger partial charge is 0.230 e. The molecule has 6 heteroatoms. The van der Waals surface area contributed by atoms with E-state index in [1.165, 1.54) is 18.7 Å². The normalized spacial score (nSPS) is 11.6. The van der Waals surface area contributed by atoms with Crippen LogP contribution in [0.1, 0.15) is 25.5 Å². The zero-order valence-electron chi connectivity index (χ0n) is 13.5. The summed E-state index contributed by atoms with van der Waals surface area (Å²) in [5.74, 6) is 0.235. The molecule has 2 aromatic rings. The number of thioether (sulfide) groups is 1. The second-order valence-electron chi connectivity index (χ2n) is 5.33. The van der Waals surface area contributed by atoms with Gasteiger partial charge in [0.2, 0.25) is 11.8 Å². The number of rotatable bonds is 6. The highest BCUT2D eigenvalue weighted by Crippen LogP contribution is 2.21. The molecule has 0 radical (unpaired) electrons. The van der Waals surface area contributed by atoms with Crippen LogP contribution in [0.15, 0.2) is 57.9 Å². The number of nitrogens with one attached hydrogen (secondary N) is 2. The summed E-state index contributed by atoms with van der Waals surface area (Å²) >= 11 is 4.86. The molecule has 126 valence electrons. The third-order valence-corrected chi connectivity index (χ3v) is 4.83. The summed E-state index contributed by atoms with van der Waals surface area (Å²) in [4.78, 5) is 24.0. The third kappa shape index (κ3) is 6.02. The molecule has 0 aliphatic rings. The van der Waals surface area contributed by atoms with Crippen LogP contribution in [0.5, 0.6) is 0 Å². The van der Waals surface area contributed by atoms with E-state index in [4.69, 9.17) is 0 Å². The molecule has 0 spiro atoms. The van der Waals surface area contributed by atoms with Gasteiger partial charge < -0.3 is 10.6 Å². The molecule has 1 unspecified atom stereocenters. The zero-order valence-corrected chi connectivity index (χ0v) is 15.9. The van der Waals surface area contributed by atoms with Crippen molar-refractivity contribution in [1.29, 1.82) is 0 Å². The summed E-state index contributed by atoms with van der Waals surface area (Å²) in [7, 11) is 0. The SMILES string of the molecule is CC(=O)Nc1ccc(SCC(=O)NC(C)c2ccc(Br)cc2)cc1. The molecular formula is C18H19BrN2O2S. The number of carbonyl (C=O) groups is 2. The molecule has 0 aliphatic carbocycles. The zero-order chi connectivity index (χ0) is 17.5. The number of anilines is 1. The first-order valence-electron chi connectivity index (χ1n) is 7.49. The first-order valence-corrected chi connectivity index (χ1v) is 9.27. The molecule has 0 heterocycles. The Morgan fingerprint density at radius 1 is 1.08 bits per heavy atom. The summed E-state index contributed by atoms with van der Waals surface area (Å²) in [6, 6.07) is 15.3. The lowest BCUT2D eigenvalue weighted by Crippen LogP contribution is -2.28. The Balaban J connectivity index is 1.82. The van der Waals surface area contributed by atoms with Crippen LogP contribution in [0.3, 0.4) is 0 Å². The summed E-state index contributed by atoms with van der Waals surface area (Å²) in [6.45, 7) is 3.44. The molecule has 0 bridgehead atoms. The average Bonchev–Trinajstić information content (AvgIpc) is 2.54. The number of benzene rings is 2. The minimum atomic E-state index is -0.100. The Hall–Kier alpha value is -1.79. The quantitative estimate of drug-likeness (QED) is 0.699. The van der Waals surface area contributed by atoms with Gasteiger partial charge in [-0.15, -0.1) is 11.8 Å². The van der Waals surface area contributed by atoms with E-state index in [2.05, 4.69) is 26.6 Å². The van der Waals surface area contributed by atoms with Crippen LogP contribution in [0.25, 0.3) is 0 Å². The summed E-state index contributed by atoms with van der Waals surface area (Å²) in [5, 5.41) is 5.71. The van der Waals surface area contributed by atoms with Crippen molar-refractivity contribution in [3.8, 4) is 0 Å². The second kappa shape index (κ2) is 8.89. The molecule has 0 saturated carbocycles. The van der Waals surface area contributed by atoms with Gasteiger partial charge in [-0.1, -0.05) is 28.1 Å². The number of halogens is 1. The van der Waals surface area contributed by atoms with Crippen LogP contribution < -0.4 is 10.6 Å². The largest absolute Gasteiger partial charge is 0.349 e. The first kappa shape index (κ1) is 18.5. The maximum absolute atomic E-state index is 12.1. The Bertz CT molecular complexity index is 702. The number of amides is 2. The molecule has 0 saturated heterocycles. The van der Waals surface area contributed by atoms with Crippen molar-refractivity contribution in [2.24, 2.45) is 0 Å². The number of hydrogen-bond donors (Lipinski definition) is 2. The van der Waals surface area contributed by atoms with Crippen LogP contribution in [0.2, 0.25) is 0 Å². The Morgan fingerprint density at radius 2 is 1.71 bits per heavy atom. The van der Waals surface area contributed by atoms with Gasteiger partial charge in [0, 0.05) is 22.0 Å². The summed E-state index contributed by atoms with van der Waals surface area (Å²) in [6.07, 6.45) is 0. The van der Waals surface area contributed by atoms with Gasteiger partial charge in [-0.3, -0.25) is 9.59 Å². The van der Waals surface area contributed by atoms with Crippen molar-refractivity contribution in [1.82, 2.24) is 5.32 Å². The van der Waals surface area contributed by atoms with Crippen LogP contribution >= 0.6 is 27.7 Å². The Kier molecular flexibility index (Phi) is 6.87. The molecule has 2 aromatic carbocycles. The molecule has 1 atom stereocenters. The van der Waals surface area contributed by atoms with Gasteiger partial charge in [0.25, 0.3) is 0 Å². The molecular weight excluding hydrogens is 388 g/mol. The second-order valence-corrected chi connectivity index (χ2v) is 7.30. The molecule has 4 nitrogen and oxygen atoms in total. The van der Waals surface area contributed by atoms with Crippen LogP contribution in [-0.2, 0) is 9.59 Å². The van der Waals surface area contributed by atoms with Crippen molar-refractivity contribution in [3.05, 3.63) is 58.6 Å². The monoisotopic (exact) mass is 406 g/mol. The highest BCUT2D eigenvalue weighted by Gasteiger charge is 2.10.